The molecule has 2 rings (SSSR count). The number of nitrogens with one attached hydrogen (secondary N) is 1. The summed E-state index contributed by atoms with van der Waals surface area (Å²) in [5.41, 5.74) is 0.968. The monoisotopic (exact) mass is 291 g/mol. The van der Waals surface area contributed by atoms with E-state index in [1.807, 2.05) is 6.92 Å². The van der Waals surface area contributed by atoms with Crippen molar-refractivity contribution in [1.82, 2.24) is 14.5 Å². The first-order valence-electron chi connectivity index (χ1n) is 6.10. The maximum Gasteiger partial charge on any atom is 0.247 e. The SMILES string of the molecule is Cc1[nH]nc(CCl)c1S(=O)(=O)N1CCCCC1C. The number of aromatic amines is 1. The number of aryl methyl sites for hydroxylation is 1. The molecule has 1 N–H and O–H groups in total. The number of hydrogen-bond donors (Lipinski definition) is 1. The first-order valence-corrected chi connectivity index (χ1v) is 8.07. The highest BCUT2D eigenvalue weighted by atomic mass is 35.5. The molecule has 1 fully saturated rings. The molecule has 0 aromatic carbocycles. The van der Waals surface area contributed by atoms with Gasteiger partial charge in [0.2, 0.25) is 10.0 Å². The molecule has 18 heavy (non-hydrogen) atoms. The molecular formula is C11H18ClN3O2S. The summed E-state index contributed by atoms with van der Waals surface area (Å²) in [6.45, 7) is 4.24. The summed E-state index contributed by atoms with van der Waals surface area (Å²) in [6, 6.07) is 0.0428. The highest BCUT2D eigenvalue weighted by molar-refractivity contribution is 7.89. The molecule has 1 aliphatic heterocycles. The van der Waals surface area contributed by atoms with Crippen LogP contribution in [-0.2, 0) is 15.9 Å². The predicted molar refractivity (Wildman–Crippen MR) is 70.1 cm³/mol. The van der Waals surface area contributed by atoms with Gasteiger partial charge < -0.3 is 0 Å². The molecule has 1 atom stereocenters. The quantitative estimate of drug-likeness (QED) is 0.867. The first kappa shape index (κ1) is 13.8. The second-order valence-electron chi connectivity index (χ2n) is 4.72. The summed E-state index contributed by atoms with van der Waals surface area (Å²) in [6.07, 6.45) is 2.91. The van der Waals surface area contributed by atoms with Crippen LogP contribution in [0.15, 0.2) is 4.90 Å². The minimum absolute atomic E-state index is 0.0428. The standard InChI is InChI=1S/C11H18ClN3O2S/c1-8-5-3-4-6-15(8)18(16,17)11-9(2)13-14-10(11)7-12/h8H,3-7H2,1-2H3,(H,13,14). The minimum atomic E-state index is -3.49. The molecule has 1 unspecified atom stereocenters. The Hall–Kier alpha value is -0.590. The topological polar surface area (TPSA) is 66.1 Å². The molecule has 102 valence electrons. The van der Waals surface area contributed by atoms with Crippen molar-refractivity contribution in [2.45, 2.75) is 49.9 Å². The Labute approximate surface area is 113 Å². The van der Waals surface area contributed by atoms with Gasteiger partial charge in [-0.05, 0) is 26.7 Å². The second kappa shape index (κ2) is 5.19. The van der Waals surface area contributed by atoms with Gasteiger partial charge in [-0.2, -0.15) is 9.40 Å². The molecule has 1 aliphatic rings. The third-order valence-electron chi connectivity index (χ3n) is 3.40. The predicted octanol–water partition coefficient (Wildman–Crippen LogP) is 2.02. The zero-order valence-corrected chi connectivity index (χ0v) is 12.2. The summed E-state index contributed by atoms with van der Waals surface area (Å²) < 4.78 is 26.9. The number of nitrogens with zero attached hydrogens (tertiary/aromatic N) is 2. The fraction of sp³-hybridized carbons (Fsp3) is 0.727. The number of hydrogen-bond acceptors (Lipinski definition) is 3. The van der Waals surface area contributed by atoms with Crippen molar-refractivity contribution in [3.05, 3.63) is 11.4 Å². The lowest BCUT2D eigenvalue weighted by molar-refractivity contribution is 0.268. The van der Waals surface area contributed by atoms with Crippen LogP contribution in [0.1, 0.15) is 37.6 Å². The highest BCUT2D eigenvalue weighted by Gasteiger charge is 2.34. The fourth-order valence-corrected chi connectivity index (χ4v) is 4.75. The summed E-state index contributed by atoms with van der Waals surface area (Å²) in [4.78, 5) is 0.256. The smallest absolute Gasteiger partial charge is 0.247 e. The molecule has 0 aliphatic carbocycles. The molecular weight excluding hydrogens is 274 g/mol. The van der Waals surface area contributed by atoms with Gasteiger partial charge in [-0.15, -0.1) is 11.6 Å². The van der Waals surface area contributed by atoms with E-state index in [0.717, 1.165) is 19.3 Å². The van der Waals surface area contributed by atoms with Gasteiger partial charge in [-0.3, -0.25) is 5.10 Å². The Bertz CT molecular complexity index is 526. The van der Waals surface area contributed by atoms with E-state index < -0.39 is 10.0 Å². The van der Waals surface area contributed by atoms with Gasteiger partial charge in [0.25, 0.3) is 0 Å². The summed E-state index contributed by atoms with van der Waals surface area (Å²) in [5.74, 6) is 0.0983. The van der Waals surface area contributed by atoms with Gasteiger partial charge in [0, 0.05) is 12.6 Å². The molecule has 0 saturated carbocycles. The Morgan fingerprint density at radius 1 is 1.50 bits per heavy atom. The molecule has 1 aromatic heterocycles. The first-order chi connectivity index (χ1) is 8.48. The number of piperidine rings is 1. The maximum atomic E-state index is 12.7. The Balaban J connectivity index is 2.44. The summed E-state index contributed by atoms with van der Waals surface area (Å²) in [7, 11) is -3.49. The van der Waals surface area contributed by atoms with Crippen LogP contribution in [-0.4, -0.2) is 35.5 Å². The van der Waals surface area contributed by atoms with Crippen molar-refractivity contribution < 1.29 is 8.42 Å². The van der Waals surface area contributed by atoms with E-state index in [4.69, 9.17) is 11.6 Å². The zero-order chi connectivity index (χ0) is 13.3. The van der Waals surface area contributed by atoms with Crippen LogP contribution in [0, 0.1) is 6.92 Å². The normalized spacial score (nSPS) is 22.3. The molecule has 0 spiro atoms. The van der Waals surface area contributed by atoms with Crippen molar-refractivity contribution in [1.29, 1.82) is 0 Å². The maximum absolute atomic E-state index is 12.7. The van der Waals surface area contributed by atoms with Crippen LogP contribution in [0.3, 0.4) is 0 Å². The molecule has 1 saturated heterocycles. The van der Waals surface area contributed by atoms with Crippen molar-refractivity contribution in [2.24, 2.45) is 0 Å². The van der Waals surface area contributed by atoms with Crippen LogP contribution >= 0.6 is 11.6 Å². The second-order valence-corrected chi connectivity index (χ2v) is 6.81. The van der Waals surface area contributed by atoms with Crippen LogP contribution in [0.25, 0.3) is 0 Å². The van der Waals surface area contributed by atoms with Gasteiger partial charge in [-0.1, -0.05) is 6.42 Å². The number of alkyl halides is 1. The van der Waals surface area contributed by atoms with Crippen LogP contribution in [0.5, 0.6) is 0 Å². The average Bonchev–Trinajstić information content (AvgIpc) is 2.71. The Morgan fingerprint density at radius 3 is 2.83 bits per heavy atom. The van der Waals surface area contributed by atoms with Crippen LogP contribution in [0.2, 0.25) is 0 Å². The largest absolute Gasteiger partial charge is 0.281 e. The molecule has 0 amide bonds. The Morgan fingerprint density at radius 2 is 2.22 bits per heavy atom. The van der Waals surface area contributed by atoms with Crippen LogP contribution in [0.4, 0.5) is 0 Å². The van der Waals surface area contributed by atoms with Crippen molar-refractivity contribution in [2.75, 3.05) is 6.54 Å². The van der Waals surface area contributed by atoms with Gasteiger partial charge in [0.1, 0.15) is 4.90 Å². The van der Waals surface area contributed by atoms with E-state index in [1.54, 1.807) is 11.2 Å². The third-order valence-corrected chi connectivity index (χ3v) is 5.87. The van der Waals surface area contributed by atoms with E-state index in [9.17, 15) is 8.42 Å². The number of H-pyrrole nitrogens is 1. The molecule has 2 heterocycles. The molecule has 0 bridgehead atoms. The lowest BCUT2D eigenvalue weighted by Crippen LogP contribution is -2.42. The number of rotatable bonds is 3. The van der Waals surface area contributed by atoms with E-state index in [2.05, 4.69) is 10.2 Å². The van der Waals surface area contributed by atoms with E-state index in [1.165, 1.54) is 0 Å². The van der Waals surface area contributed by atoms with Crippen molar-refractivity contribution in [3.8, 4) is 0 Å². The average molecular weight is 292 g/mol. The molecule has 5 nitrogen and oxygen atoms in total. The van der Waals surface area contributed by atoms with Gasteiger partial charge >= 0.3 is 0 Å². The van der Waals surface area contributed by atoms with Gasteiger partial charge in [-0.25, -0.2) is 8.42 Å². The van der Waals surface area contributed by atoms with Crippen molar-refractivity contribution >= 4 is 21.6 Å². The molecule has 7 heteroatoms. The van der Waals surface area contributed by atoms with E-state index in [-0.39, 0.29) is 16.8 Å². The summed E-state index contributed by atoms with van der Waals surface area (Å²) >= 11 is 5.76. The van der Waals surface area contributed by atoms with Gasteiger partial charge in [0.15, 0.2) is 0 Å². The van der Waals surface area contributed by atoms with E-state index >= 15 is 0 Å². The Kier molecular flexibility index (Phi) is 3.99. The van der Waals surface area contributed by atoms with Crippen LogP contribution < -0.4 is 0 Å². The minimum Gasteiger partial charge on any atom is -0.281 e. The zero-order valence-electron chi connectivity index (χ0n) is 10.6. The highest BCUT2D eigenvalue weighted by Crippen LogP contribution is 2.28. The van der Waals surface area contributed by atoms with Crippen molar-refractivity contribution in [3.63, 3.8) is 0 Å². The summed E-state index contributed by atoms with van der Waals surface area (Å²) in [5, 5.41) is 6.67. The fourth-order valence-electron chi connectivity index (χ4n) is 2.45. The molecule has 0 radical (unpaired) electrons. The molecule has 1 aromatic rings. The lowest BCUT2D eigenvalue weighted by Gasteiger charge is -2.32. The number of sulfonamides is 1. The third kappa shape index (κ3) is 2.29. The lowest BCUT2D eigenvalue weighted by atomic mass is 10.1. The number of aromatic nitrogens is 2. The van der Waals surface area contributed by atoms with E-state index in [0.29, 0.717) is 17.9 Å². The van der Waals surface area contributed by atoms with Gasteiger partial charge in [0.05, 0.1) is 17.3 Å². The number of halogens is 1.